The second kappa shape index (κ2) is 10.6. The minimum absolute atomic E-state index is 0.0709. The van der Waals surface area contributed by atoms with Crippen LogP contribution in [0.5, 0.6) is 5.75 Å². The zero-order valence-electron chi connectivity index (χ0n) is 17.7. The molecule has 1 aromatic rings. The number of hydrogen-bond donors (Lipinski definition) is 1. The summed E-state index contributed by atoms with van der Waals surface area (Å²) >= 11 is 0. The van der Waals surface area contributed by atoms with Crippen molar-refractivity contribution in [1.29, 1.82) is 0 Å². The standard InChI is InChI=1S/C22H37NO3/c1-8-10-11-12-22(7,25-13-9-2)21(24)23-19-14-17(5)20(18(6)15-19)26-16(3)4/h14-16H,8-13H2,1-7H3,(H,23,24)/t22-/m1/s1. The number of unbranched alkanes of at least 4 members (excludes halogenated alkanes) is 2. The van der Waals surface area contributed by atoms with E-state index in [1.807, 2.05) is 46.8 Å². The molecule has 0 fully saturated rings. The Kier molecular flexibility index (Phi) is 9.14. The van der Waals surface area contributed by atoms with E-state index < -0.39 is 5.60 Å². The summed E-state index contributed by atoms with van der Waals surface area (Å²) in [4.78, 5) is 13.0. The highest BCUT2D eigenvalue weighted by molar-refractivity contribution is 5.97. The first-order valence-electron chi connectivity index (χ1n) is 9.96. The highest BCUT2D eigenvalue weighted by Crippen LogP contribution is 2.29. The maximum Gasteiger partial charge on any atom is 0.256 e. The van der Waals surface area contributed by atoms with Crippen molar-refractivity contribution in [1.82, 2.24) is 0 Å². The van der Waals surface area contributed by atoms with Crippen LogP contribution in [0.1, 0.15) is 77.8 Å². The van der Waals surface area contributed by atoms with Crippen molar-refractivity contribution in [3.63, 3.8) is 0 Å². The third-order valence-electron chi connectivity index (χ3n) is 4.43. The zero-order valence-corrected chi connectivity index (χ0v) is 17.7. The molecule has 0 aliphatic rings. The monoisotopic (exact) mass is 363 g/mol. The molecule has 0 unspecified atom stereocenters. The van der Waals surface area contributed by atoms with Gasteiger partial charge in [-0.25, -0.2) is 0 Å². The Balaban J connectivity index is 2.93. The van der Waals surface area contributed by atoms with Crippen molar-refractivity contribution in [2.45, 2.75) is 92.3 Å². The summed E-state index contributed by atoms with van der Waals surface area (Å²) in [6.07, 6.45) is 4.98. The lowest BCUT2D eigenvalue weighted by Crippen LogP contribution is -2.43. The van der Waals surface area contributed by atoms with Gasteiger partial charge < -0.3 is 14.8 Å². The maximum absolute atomic E-state index is 13.0. The SMILES string of the molecule is CCCCC[C@@](C)(OCCC)C(=O)Nc1cc(C)c(OC(C)C)c(C)c1. The normalized spacial score (nSPS) is 13.5. The Labute approximate surface area is 159 Å². The molecular formula is C22H37NO3. The van der Waals surface area contributed by atoms with E-state index in [1.54, 1.807) is 0 Å². The number of ether oxygens (including phenoxy) is 2. The molecule has 1 amide bonds. The van der Waals surface area contributed by atoms with Crippen LogP contribution in [0.2, 0.25) is 0 Å². The second-order valence-electron chi connectivity index (χ2n) is 7.60. The minimum Gasteiger partial charge on any atom is -0.490 e. The summed E-state index contributed by atoms with van der Waals surface area (Å²) in [5.74, 6) is 0.823. The van der Waals surface area contributed by atoms with Crippen molar-refractivity contribution >= 4 is 11.6 Å². The Morgan fingerprint density at radius 2 is 1.73 bits per heavy atom. The van der Waals surface area contributed by atoms with Crippen LogP contribution in [-0.2, 0) is 9.53 Å². The van der Waals surface area contributed by atoms with Crippen LogP contribution in [0.3, 0.4) is 0 Å². The van der Waals surface area contributed by atoms with Crippen LogP contribution < -0.4 is 10.1 Å². The van der Waals surface area contributed by atoms with Gasteiger partial charge in [-0.3, -0.25) is 4.79 Å². The molecule has 148 valence electrons. The molecule has 4 heteroatoms. The molecule has 4 nitrogen and oxygen atoms in total. The van der Waals surface area contributed by atoms with Gasteiger partial charge in [-0.1, -0.05) is 33.1 Å². The van der Waals surface area contributed by atoms with Gasteiger partial charge in [0.15, 0.2) is 0 Å². The summed E-state index contributed by atoms with van der Waals surface area (Å²) in [5.41, 5.74) is 2.05. The molecule has 0 saturated carbocycles. The fourth-order valence-electron chi connectivity index (χ4n) is 3.00. The second-order valence-corrected chi connectivity index (χ2v) is 7.60. The third-order valence-corrected chi connectivity index (χ3v) is 4.43. The van der Waals surface area contributed by atoms with Gasteiger partial charge in [0, 0.05) is 12.3 Å². The van der Waals surface area contributed by atoms with E-state index >= 15 is 0 Å². The van der Waals surface area contributed by atoms with Crippen molar-refractivity contribution in [2.24, 2.45) is 0 Å². The number of aryl methyl sites for hydroxylation is 2. The minimum atomic E-state index is -0.792. The van der Waals surface area contributed by atoms with Gasteiger partial charge >= 0.3 is 0 Å². The number of rotatable bonds is 11. The lowest BCUT2D eigenvalue weighted by Gasteiger charge is -2.29. The van der Waals surface area contributed by atoms with Crippen LogP contribution in [0.25, 0.3) is 0 Å². The molecule has 0 aliphatic carbocycles. The van der Waals surface area contributed by atoms with Crippen LogP contribution in [0, 0.1) is 13.8 Å². The van der Waals surface area contributed by atoms with E-state index in [0.29, 0.717) is 6.61 Å². The zero-order chi connectivity index (χ0) is 19.7. The van der Waals surface area contributed by atoms with Gasteiger partial charge in [-0.05, 0) is 70.7 Å². The molecule has 0 bridgehead atoms. The molecule has 26 heavy (non-hydrogen) atoms. The molecule has 1 atom stereocenters. The molecule has 0 saturated heterocycles. The molecular weight excluding hydrogens is 326 g/mol. The van der Waals surface area contributed by atoms with E-state index in [0.717, 1.165) is 54.7 Å². The summed E-state index contributed by atoms with van der Waals surface area (Å²) in [6, 6.07) is 3.93. The molecule has 0 aliphatic heterocycles. The molecule has 1 rings (SSSR count). The van der Waals surface area contributed by atoms with Crippen LogP contribution >= 0.6 is 0 Å². The fraction of sp³-hybridized carbons (Fsp3) is 0.682. The lowest BCUT2D eigenvalue weighted by atomic mass is 9.96. The van der Waals surface area contributed by atoms with E-state index in [1.165, 1.54) is 0 Å². The largest absolute Gasteiger partial charge is 0.490 e. The summed E-state index contributed by atoms with van der Waals surface area (Å²) in [7, 11) is 0. The number of benzene rings is 1. The van der Waals surface area contributed by atoms with E-state index in [-0.39, 0.29) is 12.0 Å². The average Bonchev–Trinajstić information content (AvgIpc) is 2.56. The molecule has 0 aromatic heterocycles. The first-order valence-corrected chi connectivity index (χ1v) is 9.96. The number of anilines is 1. The maximum atomic E-state index is 13.0. The Hall–Kier alpha value is -1.55. The van der Waals surface area contributed by atoms with Gasteiger partial charge in [0.2, 0.25) is 0 Å². The molecule has 1 aromatic carbocycles. The van der Waals surface area contributed by atoms with Crippen LogP contribution in [0.15, 0.2) is 12.1 Å². The number of amides is 1. The summed E-state index contributed by atoms with van der Waals surface area (Å²) in [6.45, 7) is 14.8. The molecule has 0 radical (unpaired) electrons. The molecule has 0 heterocycles. The number of nitrogens with one attached hydrogen (secondary N) is 1. The number of carbonyl (C=O) groups excluding carboxylic acids is 1. The third kappa shape index (κ3) is 6.64. The molecule has 1 N–H and O–H groups in total. The van der Waals surface area contributed by atoms with Gasteiger partial charge in [-0.2, -0.15) is 0 Å². The fourth-order valence-corrected chi connectivity index (χ4v) is 3.00. The Morgan fingerprint density at radius 1 is 1.12 bits per heavy atom. The van der Waals surface area contributed by atoms with E-state index in [2.05, 4.69) is 19.2 Å². The van der Waals surface area contributed by atoms with Crippen LogP contribution in [0.4, 0.5) is 5.69 Å². The predicted molar refractivity (Wildman–Crippen MR) is 109 cm³/mol. The van der Waals surface area contributed by atoms with E-state index in [4.69, 9.17) is 9.47 Å². The molecule has 0 spiro atoms. The van der Waals surface area contributed by atoms with E-state index in [9.17, 15) is 4.79 Å². The predicted octanol–water partition coefficient (Wildman–Crippen LogP) is 5.79. The lowest BCUT2D eigenvalue weighted by molar-refractivity contribution is -0.140. The quantitative estimate of drug-likeness (QED) is 0.506. The van der Waals surface area contributed by atoms with Crippen molar-refractivity contribution < 1.29 is 14.3 Å². The van der Waals surface area contributed by atoms with Gasteiger partial charge in [0.05, 0.1) is 6.10 Å². The summed E-state index contributed by atoms with van der Waals surface area (Å²) < 4.78 is 11.8. The van der Waals surface area contributed by atoms with Crippen LogP contribution in [-0.4, -0.2) is 24.2 Å². The van der Waals surface area contributed by atoms with Gasteiger partial charge in [0.25, 0.3) is 5.91 Å². The highest BCUT2D eigenvalue weighted by Gasteiger charge is 2.33. The summed E-state index contributed by atoms with van der Waals surface area (Å²) in [5, 5.41) is 3.06. The highest BCUT2D eigenvalue weighted by atomic mass is 16.5. The van der Waals surface area contributed by atoms with Crippen molar-refractivity contribution in [3.05, 3.63) is 23.3 Å². The topological polar surface area (TPSA) is 47.6 Å². The van der Waals surface area contributed by atoms with Crippen molar-refractivity contribution in [2.75, 3.05) is 11.9 Å². The van der Waals surface area contributed by atoms with Crippen molar-refractivity contribution in [3.8, 4) is 5.75 Å². The number of hydrogen-bond acceptors (Lipinski definition) is 3. The number of carbonyl (C=O) groups is 1. The average molecular weight is 364 g/mol. The first kappa shape index (κ1) is 22.5. The van der Waals surface area contributed by atoms with Gasteiger partial charge in [0.1, 0.15) is 11.4 Å². The first-order chi connectivity index (χ1) is 12.2. The Morgan fingerprint density at radius 3 is 2.23 bits per heavy atom. The smallest absolute Gasteiger partial charge is 0.256 e. The Bertz CT molecular complexity index is 560. The van der Waals surface area contributed by atoms with Gasteiger partial charge in [-0.15, -0.1) is 0 Å².